The van der Waals surface area contributed by atoms with Crippen molar-refractivity contribution in [2.75, 3.05) is 10.0 Å². The highest BCUT2D eigenvalue weighted by Crippen LogP contribution is 2.23. The molecule has 3 aromatic heterocycles. The summed E-state index contributed by atoms with van der Waals surface area (Å²) in [6.45, 7) is 7.29. The number of nitrogens with zero attached hydrogens (tertiary/aromatic N) is 3. The summed E-state index contributed by atoms with van der Waals surface area (Å²) in [7, 11) is -3.85. The van der Waals surface area contributed by atoms with Crippen LogP contribution >= 0.6 is 0 Å². The molecule has 0 aliphatic heterocycles. The van der Waals surface area contributed by atoms with Crippen LogP contribution in [0.2, 0.25) is 0 Å². The van der Waals surface area contributed by atoms with Gasteiger partial charge in [0.1, 0.15) is 5.65 Å². The maximum absolute atomic E-state index is 12.6. The predicted molar refractivity (Wildman–Crippen MR) is 120 cm³/mol. The monoisotopic (exact) mass is 453 g/mol. The topological polar surface area (TPSA) is 119 Å². The molecule has 1 aromatic carbocycles. The highest BCUT2D eigenvalue weighted by molar-refractivity contribution is 7.92. The Morgan fingerprint density at radius 2 is 1.78 bits per heavy atom. The summed E-state index contributed by atoms with van der Waals surface area (Å²) < 4.78 is 34.5. The molecule has 0 bridgehead atoms. The van der Waals surface area contributed by atoms with E-state index in [4.69, 9.17) is 4.52 Å². The number of aromatic nitrogens is 3. The van der Waals surface area contributed by atoms with Crippen molar-refractivity contribution < 1.29 is 17.7 Å². The third kappa shape index (κ3) is 4.09. The lowest BCUT2D eigenvalue weighted by Gasteiger charge is -2.09. The summed E-state index contributed by atoms with van der Waals surface area (Å²) in [6.07, 6.45) is 2.03. The molecule has 10 heteroatoms. The highest BCUT2D eigenvalue weighted by Gasteiger charge is 2.19. The number of carbonyl (C=O) groups is 1. The number of anilines is 2. The Balaban J connectivity index is 1.47. The Bertz CT molecular complexity index is 1420. The van der Waals surface area contributed by atoms with Gasteiger partial charge in [0.2, 0.25) is 11.8 Å². The van der Waals surface area contributed by atoms with E-state index in [0.717, 1.165) is 22.6 Å². The molecule has 0 atom stereocenters. The van der Waals surface area contributed by atoms with E-state index in [1.807, 2.05) is 36.6 Å². The fraction of sp³-hybridized carbons (Fsp3) is 0.227. The van der Waals surface area contributed by atoms with Crippen LogP contribution in [0.1, 0.15) is 28.2 Å². The van der Waals surface area contributed by atoms with Gasteiger partial charge < -0.3 is 14.2 Å². The molecular weight excluding hydrogens is 430 g/mol. The van der Waals surface area contributed by atoms with Crippen molar-refractivity contribution in [3.05, 3.63) is 70.8 Å². The number of nitrogens with one attached hydrogen (secondary N) is 2. The Labute approximate surface area is 185 Å². The quantitative estimate of drug-likeness (QED) is 0.461. The first-order chi connectivity index (χ1) is 15.2. The molecule has 0 radical (unpaired) electrons. The number of rotatable bonds is 6. The van der Waals surface area contributed by atoms with Crippen molar-refractivity contribution >= 4 is 33.1 Å². The van der Waals surface area contributed by atoms with Crippen molar-refractivity contribution in [3.63, 3.8) is 0 Å². The molecule has 1 amide bonds. The van der Waals surface area contributed by atoms with Crippen LogP contribution in [0.4, 0.5) is 11.6 Å². The zero-order valence-electron chi connectivity index (χ0n) is 18.1. The van der Waals surface area contributed by atoms with Crippen LogP contribution in [0, 0.1) is 27.7 Å². The van der Waals surface area contributed by atoms with E-state index in [0.29, 0.717) is 16.9 Å². The van der Waals surface area contributed by atoms with E-state index in [9.17, 15) is 13.2 Å². The van der Waals surface area contributed by atoms with E-state index in [2.05, 4.69) is 20.2 Å². The van der Waals surface area contributed by atoms with Gasteiger partial charge >= 0.3 is 0 Å². The van der Waals surface area contributed by atoms with Crippen LogP contribution < -0.4 is 10.0 Å². The lowest BCUT2D eigenvalue weighted by atomic mass is 10.2. The predicted octanol–water partition coefficient (Wildman–Crippen LogP) is 3.54. The van der Waals surface area contributed by atoms with Gasteiger partial charge in [0.25, 0.3) is 10.0 Å². The Morgan fingerprint density at radius 3 is 2.44 bits per heavy atom. The molecule has 0 spiro atoms. The van der Waals surface area contributed by atoms with E-state index < -0.39 is 10.0 Å². The lowest BCUT2D eigenvalue weighted by molar-refractivity contribution is -0.115. The van der Waals surface area contributed by atoms with Crippen molar-refractivity contribution in [2.24, 2.45) is 0 Å². The van der Waals surface area contributed by atoms with E-state index in [1.165, 1.54) is 24.3 Å². The first-order valence-corrected chi connectivity index (χ1v) is 11.4. The van der Waals surface area contributed by atoms with Gasteiger partial charge in [0.15, 0.2) is 0 Å². The standard InChI is InChI=1S/C22H23N5O4S/c1-13-6-5-11-27-19(16(4)23-21(13)27)12-20(28)24-17-7-9-18(10-8-17)32(29,30)26-22-14(2)15(3)25-31-22/h5-11,26H,12H2,1-4H3,(H,24,28). The summed E-state index contributed by atoms with van der Waals surface area (Å²) in [4.78, 5) is 17.2. The number of aryl methyl sites for hydroxylation is 3. The van der Waals surface area contributed by atoms with Crippen LogP contribution in [-0.4, -0.2) is 28.9 Å². The lowest BCUT2D eigenvalue weighted by Crippen LogP contribution is -2.17. The molecule has 2 N–H and O–H groups in total. The second-order valence-electron chi connectivity index (χ2n) is 7.61. The van der Waals surface area contributed by atoms with Gasteiger partial charge in [0, 0.05) is 17.4 Å². The van der Waals surface area contributed by atoms with Gasteiger partial charge in [-0.25, -0.2) is 18.1 Å². The number of benzene rings is 1. The number of sulfonamides is 1. The number of fused-ring (bicyclic) bond motifs is 1. The number of carbonyl (C=O) groups excluding carboxylic acids is 1. The summed E-state index contributed by atoms with van der Waals surface area (Å²) in [5.41, 5.74) is 5.17. The molecule has 0 fully saturated rings. The van der Waals surface area contributed by atoms with Crippen LogP contribution in [0.15, 0.2) is 52.0 Å². The van der Waals surface area contributed by atoms with Gasteiger partial charge in [-0.3, -0.25) is 4.79 Å². The summed E-state index contributed by atoms with van der Waals surface area (Å²) >= 11 is 0. The Kier molecular flexibility index (Phi) is 5.47. The smallest absolute Gasteiger partial charge is 0.264 e. The molecule has 9 nitrogen and oxygen atoms in total. The number of pyridine rings is 1. The molecule has 4 aromatic rings. The summed E-state index contributed by atoms with van der Waals surface area (Å²) in [5, 5.41) is 6.55. The average Bonchev–Trinajstić information content (AvgIpc) is 3.23. The number of hydrogen-bond donors (Lipinski definition) is 2. The molecule has 0 aliphatic carbocycles. The second kappa shape index (κ2) is 8.12. The highest BCUT2D eigenvalue weighted by atomic mass is 32.2. The number of imidazole rings is 1. The molecule has 3 heterocycles. The minimum absolute atomic E-state index is 0.0389. The van der Waals surface area contributed by atoms with Gasteiger partial charge in [-0.1, -0.05) is 11.2 Å². The average molecular weight is 454 g/mol. The molecular formula is C22H23N5O4S. The fourth-order valence-corrected chi connectivity index (χ4v) is 4.39. The van der Waals surface area contributed by atoms with Gasteiger partial charge in [-0.05, 0) is 63.6 Å². The maximum atomic E-state index is 12.6. The van der Waals surface area contributed by atoms with Crippen molar-refractivity contribution in [1.82, 2.24) is 14.5 Å². The minimum Gasteiger partial charge on any atom is -0.337 e. The minimum atomic E-state index is -3.85. The second-order valence-corrected chi connectivity index (χ2v) is 9.29. The third-order valence-corrected chi connectivity index (χ3v) is 6.65. The van der Waals surface area contributed by atoms with Crippen molar-refractivity contribution in [1.29, 1.82) is 0 Å². The molecule has 0 saturated carbocycles. The fourth-order valence-electron chi connectivity index (χ4n) is 3.35. The zero-order valence-corrected chi connectivity index (χ0v) is 18.9. The van der Waals surface area contributed by atoms with Crippen molar-refractivity contribution in [2.45, 2.75) is 39.0 Å². The molecule has 0 saturated heterocycles. The Morgan fingerprint density at radius 1 is 1.06 bits per heavy atom. The van der Waals surface area contributed by atoms with Gasteiger partial charge in [-0.15, -0.1) is 0 Å². The molecule has 4 rings (SSSR count). The van der Waals surface area contributed by atoms with Gasteiger partial charge in [-0.2, -0.15) is 0 Å². The first-order valence-electron chi connectivity index (χ1n) is 9.94. The van der Waals surface area contributed by atoms with E-state index >= 15 is 0 Å². The molecule has 166 valence electrons. The largest absolute Gasteiger partial charge is 0.337 e. The van der Waals surface area contributed by atoms with Crippen LogP contribution in [0.5, 0.6) is 0 Å². The summed E-state index contributed by atoms with van der Waals surface area (Å²) in [5.74, 6) is -0.142. The Hall–Kier alpha value is -3.66. The third-order valence-electron chi connectivity index (χ3n) is 5.30. The van der Waals surface area contributed by atoms with Crippen LogP contribution in [0.25, 0.3) is 5.65 Å². The zero-order chi connectivity index (χ0) is 23.0. The van der Waals surface area contributed by atoms with E-state index in [1.54, 1.807) is 13.8 Å². The van der Waals surface area contributed by atoms with Crippen molar-refractivity contribution in [3.8, 4) is 0 Å². The van der Waals surface area contributed by atoms with E-state index in [-0.39, 0.29) is 23.1 Å². The SMILES string of the molecule is Cc1noc(NS(=O)(=O)c2ccc(NC(=O)Cc3c(C)nc4c(C)cccn34)cc2)c1C. The molecule has 32 heavy (non-hydrogen) atoms. The number of amides is 1. The maximum Gasteiger partial charge on any atom is 0.264 e. The van der Waals surface area contributed by atoms with Crippen LogP contribution in [-0.2, 0) is 21.2 Å². The van der Waals surface area contributed by atoms with Crippen LogP contribution in [0.3, 0.4) is 0 Å². The molecule has 0 aliphatic rings. The van der Waals surface area contributed by atoms with Gasteiger partial charge in [0.05, 0.1) is 28.4 Å². The number of hydrogen-bond acceptors (Lipinski definition) is 6. The summed E-state index contributed by atoms with van der Waals surface area (Å²) in [6, 6.07) is 9.80. The molecule has 0 unspecified atom stereocenters. The first kappa shape index (κ1) is 21.6. The normalized spacial score (nSPS) is 11.6.